The molecule has 0 heterocycles. The summed E-state index contributed by atoms with van der Waals surface area (Å²) in [5.41, 5.74) is 0. The topological polar surface area (TPSA) is 12.5 Å². The number of nitrogens with zero attached hydrogens (tertiary/aromatic N) is 1. The minimum atomic E-state index is 0.711. The van der Waals surface area contributed by atoms with Gasteiger partial charge < -0.3 is 4.74 Å². The highest BCUT2D eigenvalue weighted by atomic mass is 16.5. The van der Waals surface area contributed by atoms with Gasteiger partial charge in [-0.1, -0.05) is 31.2 Å². The van der Waals surface area contributed by atoms with Crippen molar-refractivity contribution < 1.29 is 4.74 Å². The highest BCUT2D eigenvalue weighted by Gasteiger charge is 1.97. The quantitative estimate of drug-likeness (QED) is 0.341. The predicted molar refractivity (Wildman–Crippen MR) is 57.7 cm³/mol. The molecular weight excluding hydrogens is 162 g/mol. The van der Waals surface area contributed by atoms with E-state index in [4.69, 9.17) is 4.74 Å². The third-order valence-corrected chi connectivity index (χ3v) is 1.77. The number of rotatable bonds is 7. The highest BCUT2D eigenvalue weighted by molar-refractivity contribution is 4.80. The van der Waals surface area contributed by atoms with Gasteiger partial charge in [-0.25, -0.2) is 0 Å². The Morgan fingerprint density at radius 2 is 1.85 bits per heavy atom. The van der Waals surface area contributed by atoms with E-state index in [1.165, 1.54) is 0 Å². The Bertz CT molecular complexity index is 152. The van der Waals surface area contributed by atoms with Gasteiger partial charge in [-0.15, -0.1) is 0 Å². The fraction of sp³-hybridized carbons (Fsp3) is 0.636. The zero-order valence-corrected chi connectivity index (χ0v) is 8.99. The Labute approximate surface area is 81.9 Å². The second-order valence-electron chi connectivity index (χ2n) is 2.81. The van der Waals surface area contributed by atoms with E-state index in [9.17, 15) is 0 Å². The Kier molecular flexibility index (Phi) is 9.05. The summed E-state index contributed by atoms with van der Waals surface area (Å²) in [7, 11) is 0. The minimum Gasteiger partial charge on any atom is -0.362 e. The summed E-state index contributed by atoms with van der Waals surface area (Å²) >= 11 is 0. The van der Waals surface area contributed by atoms with Gasteiger partial charge in [0.15, 0.2) is 0 Å². The van der Waals surface area contributed by atoms with E-state index >= 15 is 0 Å². The summed E-state index contributed by atoms with van der Waals surface area (Å²) in [6, 6.07) is 0. The van der Waals surface area contributed by atoms with Crippen molar-refractivity contribution in [1.29, 1.82) is 0 Å². The first-order valence-corrected chi connectivity index (χ1v) is 4.87. The lowest BCUT2D eigenvalue weighted by Crippen LogP contribution is -2.26. The number of likely N-dealkylation sites (N-methyl/N-ethyl adjacent to an activating group) is 1. The maximum Gasteiger partial charge on any atom is 0.0997 e. The zero-order valence-electron chi connectivity index (χ0n) is 8.99. The molecule has 0 aliphatic rings. The molecule has 0 amide bonds. The van der Waals surface area contributed by atoms with Crippen molar-refractivity contribution >= 4 is 0 Å². The van der Waals surface area contributed by atoms with Gasteiger partial charge in [0.2, 0.25) is 0 Å². The molecule has 2 nitrogen and oxygen atoms in total. The monoisotopic (exact) mass is 183 g/mol. The summed E-state index contributed by atoms with van der Waals surface area (Å²) in [4.78, 5) is 2.24. The molecule has 0 radical (unpaired) electrons. The molecule has 0 aromatic heterocycles. The molecule has 0 aromatic carbocycles. The van der Waals surface area contributed by atoms with Gasteiger partial charge in [-0.05, 0) is 20.4 Å². The molecule has 0 saturated carbocycles. The van der Waals surface area contributed by atoms with Crippen LogP contribution in [0, 0.1) is 0 Å². The fourth-order valence-corrected chi connectivity index (χ4v) is 0.874. The average molecular weight is 183 g/mol. The maximum atomic E-state index is 5.43. The minimum absolute atomic E-state index is 0.711. The van der Waals surface area contributed by atoms with Crippen molar-refractivity contribution in [3.8, 4) is 0 Å². The molecule has 0 bridgehead atoms. The third kappa shape index (κ3) is 7.75. The van der Waals surface area contributed by atoms with E-state index in [0.717, 1.165) is 13.1 Å². The molecule has 0 fully saturated rings. The van der Waals surface area contributed by atoms with Crippen molar-refractivity contribution in [2.24, 2.45) is 0 Å². The molecule has 0 N–H and O–H groups in total. The van der Waals surface area contributed by atoms with E-state index in [1.54, 1.807) is 0 Å². The van der Waals surface area contributed by atoms with Crippen LogP contribution in [0.3, 0.4) is 0 Å². The fourth-order valence-electron chi connectivity index (χ4n) is 0.874. The molecule has 0 atom stereocenters. The van der Waals surface area contributed by atoms with Crippen LogP contribution in [0.25, 0.3) is 0 Å². The maximum absolute atomic E-state index is 5.43. The molecule has 0 aliphatic heterocycles. The van der Waals surface area contributed by atoms with Gasteiger partial charge >= 0.3 is 0 Å². The Morgan fingerprint density at radius 3 is 2.38 bits per heavy atom. The van der Waals surface area contributed by atoms with E-state index in [-0.39, 0.29) is 0 Å². The van der Waals surface area contributed by atoms with Crippen LogP contribution in [0.15, 0.2) is 24.3 Å². The van der Waals surface area contributed by atoms with Crippen LogP contribution >= 0.6 is 0 Å². The number of ether oxygens (including phenoxy) is 1. The molecule has 76 valence electrons. The summed E-state index contributed by atoms with van der Waals surface area (Å²) in [6.45, 7) is 9.61. The van der Waals surface area contributed by atoms with Crippen molar-refractivity contribution in [2.45, 2.75) is 20.8 Å². The molecular formula is C11H21NO. The van der Waals surface area contributed by atoms with Gasteiger partial charge in [0.05, 0.1) is 13.3 Å². The summed E-state index contributed by atoms with van der Waals surface area (Å²) < 4.78 is 5.43. The van der Waals surface area contributed by atoms with Gasteiger partial charge in [0.1, 0.15) is 0 Å². The van der Waals surface area contributed by atoms with Gasteiger partial charge in [-0.3, -0.25) is 4.90 Å². The molecule has 0 rings (SSSR count). The first-order chi connectivity index (χ1) is 6.35. The van der Waals surface area contributed by atoms with Gasteiger partial charge in [-0.2, -0.15) is 0 Å². The molecule has 0 unspecified atom stereocenters. The lowest BCUT2D eigenvalue weighted by molar-refractivity contribution is 0.0540. The standard InChI is InChI=1S/C11H21NO/c1-4-7-9-12(6-3)11-13-10-8-5-2/h4-5,7-8H,6,9-11H2,1-3H3. The largest absolute Gasteiger partial charge is 0.362 e. The van der Waals surface area contributed by atoms with Crippen LogP contribution in [-0.4, -0.2) is 31.3 Å². The number of hydrogen-bond acceptors (Lipinski definition) is 2. The molecule has 0 aliphatic carbocycles. The van der Waals surface area contributed by atoms with Crippen LogP contribution in [0.1, 0.15) is 20.8 Å². The van der Waals surface area contributed by atoms with Crippen LogP contribution in [0.2, 0.25) is 0 Å². The SMILES string of the molecule is CC=CCOCN(CC)CC=CC. The first-order valence-electron chi connectivity index (χ1n) is 4.87. The zero-order chi connectivity index (χ0) is 9.94. The second kappa shape index (κ2) is 9.49. The second-order valence-corrected chi connectivity index (χ2v) is 2.81. The molecule has 2 heteroatoms. The summed E-state index contributed by atoms with van der Waals surface area (Å²) in [6.07, 6.45) is 8.23. The smallest absolute Gasteiger partial charge is 0.0997 e. The van der Waals surface area contributed by atoms with Crippen LogP contribution < -0.4 is 0 Å². The Morgan fingerprint density at radius 1 is 1.15 bits per heavy atom. The van der Waals surface area contributed by atoms with E-state index in [2.05, 4.69) is 24.0 Å². The lowest BCUT2D eigenvalue weighted by atomic mass is 10.4. The predicted octanol–water partition coefficient (Wildman–Crippen LogP) is 2.43. The summed E-state index contributed by atoms with van der Waals surface area (Å²) in [5.74, 6) is 0. The van der Waals surface area contributed by atoms with Crippen LogP contribution in [-0.2, 0) is 4.74 Å². The lowest BCUT2D eigenvalue weighted by Gasteiger charge is -2.17. The molecule has 0 saturated heterocycles. The first kappa shape index (κ1) is 12.4. The molecule has 13 heavy (non-hydrogen) atoms. The van der Waals surface area contributed by atoms with Crippen molar-refractivity contribution in [3.63, 3.8) is 0 Å². The molecule has 0 aromatic rings. The Balaban J connectivity index is 3.47. The van der Waals surface area contributed by atoms with Gasteiger partial charge in [0.25, 0.3) is 0 Å². The van der Waals surface area contributed by atoms with Crippen LogP contribution in [0.4, 0.5) is 0 Å². The average Bonchev–Trinajstić information content (AvgIpc) is 2.17. The van der Waals surface area contributed by atoms with E-state index in [1.807, 2.05) is 26.0 Å². The highest BCUT2D eigenvalue weighted by Crippen LogP contribution is 1.90. The van der Waals surface area contributed by atoms with Crippen molar-refractivity contribution in [1.82, 2.24) is 4.90 Å². The number of hydrogen-bond donors (Lipinski definition) is 0. The van der Waals surface area contributed by atoms with E-state index in [0.29, 0.717) is 13.3 Å². The number of allylic oxidation sites excluding steroid dienone is 2. The summed E-state index contributed by atoms with van der Waals surface area (Å²) in [5, 5.41) is 0. The van der Waals surface area contributed by atoms with Crippen molar-refractivity contribution in [3.05, 3.63) is 24.3 Å². The van der Waals surface area contributed by atoms with Gasteiger partial charge in [0, 0.05) is 6.54 Å². The third-order valence-electron chi connectivity index (χ3n) is 1.77. The van der Waals surface area contributed by atoms with Crippen molar-refractivity contribution in [2.75, 3.05) is 26.4 Å². The van der Waals surface area contributed by atoms with Crippen LogP contribution in [0.5, 0.6) is 0 Å². The Hall–Kier alpha value is -0.600. The van der Waals surface area contributed by atoms with E-state index < -0.39 is 0 Å². The molecule has 0 spiro atoms. The normalized spacial score (nSPS) is 12.3.